The number of imidazole rings is 1. The zero-order valence-electron chi connectivity index (χ0n) is 10.0. The highest BCUT2D eigenvalue weighted by molar-refractivity contribution is 5.97. The molecule has 0 fully saturated rings. The molecule has 5 heteroatoms. The lowest BCUT2D eigenvalue weighted by Crippen LogP contribution is -2.04. The maximum Gasteiger partial charge on any atom is 0.201 e. The second-order valence-corrected chi connectivity index (χ2v) is 4.35. The molecule has 0 atom stereocenters. The maximum atomic E-state index is 10.2. The number of nitrogens with two attached hydrogens (primary N) is 1. The van der Waals surface area contributed by atoms with Crippen LogP contribution in [0.15, 0.2) is 36.8 Å². The molecule has 2 heterocycles. The summed E-state index contributed by atoms with van der Waals surface area (Å²) in [6.45, 7) is 0.517. The van der Waals surface area contributed by atoms with Crippen molar-refractivity contribution >= 4 is 16.5 Å². The number of hydrogen-bond acceptors (Lipinski definition) is 3. The molecule has 0 unspecified atom stereocenters. The average molecular weight is 242 g/mol. The fraction of sp³-hybridized carbons (Fsp3) is 0.154. The van der Waals surface area contributed by atoms with Gasteiger partial charge in [-0.15, -0.1) is 0 Å². The van der Waals surface area contributed by atoms with E-state index in [2.05, 4.69) is 4.98 Å². The van der Waals surface area contributed by atoms with E-state index in [9.17, 15) is 5.11 Å². The first-order valence-electron chi connectivity index (χ1n) is 5.69. The zero-order chi connectivity index (χ0) is 12.7. The molecule has 0 aliphatic carbocycles. The minimum absolute atomic E-state index is 0.186. The number of aryl methyl sites for hydroxylation is 1. The van der Waals surface area contributed by atoms with Crippen LogP contribution in [-0.2, 0) is 13.6 Å². The molecule has 18 heavy (non-hydrogen) atoms. The Balaban J connectivity index is 2.11. The predicted molar refractivity (Wildman–Crippen MR) is 70.3 cm³/mol. The van der Waals surface area contributed by atoms with Gasteiger partial charge in [0, 0.05) is 36.7 Å². The molecule has 3 N–H and O–H groups in total. The van der Waals surface area contributed by atoms with Gasteiger partial charge in [-0.1, -0.05) is 12.1 Å². The first-order chi connectivity index (χ1) is 8.66. The Hall–Kier alpha value is -2.43. The van der Waals surface area contributed by atoms with Crippen LogP contribution in [0.25, 0.3) is 10.8 Å². The fourth-order valence-electron chi connectivity index (χ4n) is 2.15. The van der Waals surface area contributed by atoms with Crippen molar-refractivity contribution in [3.8, 4) is 5.88 Å². The van der Waals surface area contributed by atoms with Crippen LogP contribution in [0.4, 0.5) is 5.69 Å². The smallest absolute Gasteiger partial charge is 0.201 e. The van der Waals surface area contributed by atoms with Gasteiger partial charge in [-0.3, -0.25) is 0 Å². The summed E-state index contributed by atoms with van der Waals surface area (Å²) >= 11 is 0. The first kappa shape index (κ1) is 10.7. The van der Waals surface area contributed by atoms with E-state index in [4.69, 9.17) is 5.73 Å². The van der Waals surface area contributed by atoms with Crippen LogP contribution < -0.4 is 5.73 Å². The third-order valence-electron chi connectivity index (χ3n) is 3.15. The SMILES string of the molecule is Cn1ccnc1Cn1cc2cccc(N)c2c1O. The molecule has 3 rings (SSSR count). The van der Waals surface area contributed by atoms with Crippen molar-refractivity contribution in [1.29, 1.82) is 0 Å². The quantitative estimate of drug-likeness (QED) is 0.672. The number of rotatable bonds is 2. The monoisotopic (exact) mass is 242 g/mol. The zero-order valence-corrected chi connectivity index (χ0v) is 10.0. The lowest BCUT2D eigenvalue weighted by molar-refractivity contribution is 0.427. The summed E-state index contributed by atoms with van der Waals surface area (Å²) in [4.78, 5) is 4.24. The molecule has 0 amide bonds. The Morgan fingerprint density at radius 1 is 1.39 bits per heavy atom. The van der Waals surface area contributed by atoms with Crippen molar-refractivity contribution < 1.29 is 5.11 Å². The van der Waals surface area contributed by atoms with Crippen LogP contribution in [-0.4, -0.2) is 19.2 Å². The molecule has 0 saturated heterocycles. The minimum Gasteiger partial charge on any atom is -0.494 e. The van der Waals surface area contributed by atoms with Crippen LogP contribution in [0.1, 0.15) is 5.82 Å². The summed E-state index contributed by atoms with van der Waals surface area (Å²) in [6, 6.07) is 5.59. The molecule has 0 aliphatic heterocycles. The van der Waals surface area contributed by atoms with Crippen molar-refractivity contribution in [2.24, 2.45) is 7.05 Å². The molecule has 5 nitrogen and oxygen atoms in total. The van der Waals surface area contributed by atoms with Crippen molar-refractivity contribution in [2.75, 3.05) is 5.73 Å². The van der Waals surface area contributed by atoms with E-state index >= 15 is 0 Å². The minimum atomic E-state index is 0.186. The summed E-state index contributed by atoms with van der Waals surface area (Å²) < 4.78 is 3.68. The molecule has 2 aromatic heterocycles. The van der Waals surface area contributed by atoms with Crippen LogP contribution in [0.3, 0.4) is 0 Å². The van der Waals surface area contributed by atoms with E-state index < -0.39 is 0 Å². The molecule has 92 valence electrons. The predicted octanol–water partition coefficient (Wildman–Crippen LogP) is 1.71. The van der Waals surface area contributed by atoms with Gasteiger partial charge in [0.15, 0.2) is 0 Å². The molecule has 3 aromatic rings. The molecule has 1 aromatic carbocycles. The van der Waals surface area contributed by atoms with Gasteiger partial charge in [0.05, 0.1) is 11.9 Å². The van der Waals surface area contributed by atoms with Gasteiger partial charge in [-0.05, 0) is 6.07 Å². The summed E-state index contributed by atoms with van der Waals surface area (Å²) in [5.74, 6) is 1.07. The molecule has 0 saturated carbocycles. The Morgan fingerprint density at radius 2 is 2.22 bits per heavy atom. The van der Waals surface area contributed by atoms with Crippen molar-refractivity contribution in [1.82, 2.24) is 14.1 Å². The molecular formula is C13H14N4O. The molecule has 0 aliphatic rings. The van der Waals surface area contributed by atoms with Gasteiger partial charge in [0.25, 0.3) is 0 Å². The third kappa shape index (κ3) is 1.52. The first-order valence-corrected chi connectivity index (χ1v) is 5.69. The Morgan fingerprint density at radius 3 is 2.89 bits per heavy atom. The number of nitrogen functional groups attached to an aromatic ring is 1. The van der Waals surface area contributed by atoms with Gasteiger partial charge < -0.3 is 20.0 Å². The lowest BCUT2D eigenvalue weighted by Gasteiger charge is -2.05. The lowest BCUT2D eigenvalue weighted by atomic mass is 10.2. The largest absolute Gasteiger partial charge is 0.494 e. The number of aromatic hydroxyl groups is 1. The van der Waals surface area contributed by atoms with Gasteiger partial charge in [-0.25, -0.2) is 4.98 Å². The average Bonchev–Trinajstić information content (AvgIpc) is 2.87. The highest BCUT2D eigenvalue weighted by Gasteiger charge is 2.12. The van der Waals surface area contributed by atoms with E-state index in [1.54, 1.807) is 16.8 Å². The summed E-state index contributed by atoms with van der Waals surface area (Å²) in [6.07, 6.45) is 5.50. The molecule has 0 radical (unpaired) electrons. The van der Waals surface area contributed by atoms with E-state index in [0.717, 1.165) is 11.2 Å². The Kier molecular flexibility index (Phi) is 2.26. The van der Waals surface area contributed by atoms with Gasteiger partial charge in [0.1, 0.15) is 5.82 Å². The number of anilines is 1. The molecule has 0 bridgehead atoms. The van der Waals surface area contributed by atoms with Crippen LogP contribution in [0, 0.1) is 0 Å². The maximum absolute atomic E-state index is 10.2. The highest BCUT2D eigenvalue weighted by Crippen LogP contribution is 2.32. The number of aromatic nitrogens is 3. The summed E-state index contributed by atoms with van der Waals surface area (Å²) in [5, 5.41) is 11.8. The standard InChI is InChI=1S/C13H14N4O/c1-16-6-5-15-11(16)8-17-7-9-3-2-4-10(14)12(9)13(17)18/h2-7,18H,8,14H2,1H3. The Labute approximate surface area is 104 Å². The van der Waals surface area contributed by atoms with Crippen molar-refractivity contribution in [3.05, 3.63) is 42.6 Å². The third-order valence-corrected chi connectivity index (χ3v) is 3.15. The van der Waals surface area contributed by atoms with E-state index in [1.807, 2.05) is 36.1 Å². The van der Waals surface area contributed by atoms with Crippen molar-refractivity contribution in [2.45, 2.75) is 6.54 Å². The second-order valence-electron chi connectivity index (χ2n) is 4.35. The molecular weight excluding hydrogens is 228 g/mol. The fourth-order valence-corrected chi connectivity index (χ4v) is 2.15. The Bertz CT molecular complexity index is 711. The van der Waals surface area contributed by atoms with Gasteiger partial charge in [-0.2, -0.15) is 0 Å². The normalized spacial score (nSPS) is 11.2. The number of fused-ring (bicyclic) bond motifs is 1. The van der Waals surface area contributed by atoms with E-state index in [1.165, 1.54) is 0 Å². The second kappa shape index (κ2) is 3.80. The highest BCUT2D eigenvalue weighted by atomic mass is 16.3. The van der Waals surface area contributed by atoms with Crippen LogP contribution in [0.5, 0.6) is 5.88 Å². The van der Waals surface area contributed by atoms with Gasteiger partial charge >= 0.3 is 0 Å². The summed E-state index contributed by atoms with van der Waals surface area (Å²) in [7, 11) is 1.93. The van der Waals surface area contributed by atoms with Gasteiger partial charge in [0.2, 0.25) is 5.88 Å². The van der Waals surface area contributed by atoms with E-state index in [-0.39, 0.29) is 5.88 Å². The number of nitrogens with zero attached hydrogens (tertiary/aromatic N) is 3. The summed E-state index contributed by atoms with van der Waals surface area (Å²) in [5.41, 5.74) is 6.47. The van der Waals surface area contributed by atoms with Crippen LogP contribution in [0.2, 0.25) is 0 Å². The van der Waals surface area contributed by atoms with E-state index in [0.29, 0.717) is 17.6 Å². The van der Waals surface area contributed by atoms with Crippen molar-refractivity contribution in [3.63, 3.8) is 0 Å². The molecule has 0 spiro atoms. The van der Waals surface area contributed by atoms with Crippen LogP contribution >= 0.6 is 0 Å². The number of hydrogen-bond donors (Lipinski definition) is 2. The topological polar surface area (TPSA) is 69.0 Å². The number of benzene rings is 1.